The van der Waals surface area contributed by atoms with Gasteiger partial charge in [0, 0.05) is 23.7 Å². The van der Waals surface area contributed by atoms with Gasteiger partial charge in [-0.2, -0.15) is 0 Å². The zero-order valence-electron chi connectivity index (χ0n) is 28.9. The van der Waals surface area contributed by atoms with E-state index in [0.717, 1.165) is 16.8 Å². The van der Waals surface area contributed by atoms with Crippen molar-refractivity contribution in [1.82, 2.24) is 9.97 Å². The summed E-state index contributed by atoms with van der Waals surface area (Å²) < 4.78 is 49.2. The fraction of sp³-hybridized carbons (Fsp3) is 0.450. The van der Waals surface area contributed by atoms with E-state index >= 15 is 0 Å². The average Bonchev–Trinajstić information content (AvgIpc) is 2.98. The van der Waals surface area contributed by atoms with Gasteiger partial charge in [0.15, 0.2) is 0 Å². The minimum Gasteiger partial charge on any atom is -0.262 e. The van der Waals surface area contributed by atoms with Crippen molar-refractivity contribution < 1.29 is 17.6 Å². The third-order valence-corrected chi connectivity index (χ3v) is 7.23. The lowest BCUT2D eigenvalue weighted by Gasteiger charge is -2.10. The van der Waals surface area contributed by atoms with E-state index in [0.29, 0.717) is 23.3 Å². The molecule has 0 aliphatic carbocycles. The number of benzene rings is 2. The number of rotatable bonds is 6. The molecule has 0 saturated carbocycles. The molecular weight excluding hydrogens is 584 g/mol. The topological polar surface area (TPSA) is 25.8 Å². The Labute approximate surface area is 276 Å². The quantitative estimate of drug-likeness (QED) is 0.196. The molecule has 0 radical (unpaired) electrons. The number of nitrogens with zero attached hydrogens (tertiary/aromatic N) is 2. The predicted octanol–water partition coefficient (Wildman–Crippen LogP) is 13.5. The Bertz CT molecular complexity index is 1370. The van der Waals surface area contributed by atoms with Crippen LogP contribution in [0.4, 0.5) is 17.6 Å². The highest BCUT2D eigenvalue weighted by atomic mass is 19.3. The molecular formula is C40H56F4N2. The van der Waals surface area contributed by atoms with Gasteiger partial charge in [-0.1, -0.05) is 105 Å². The van der Waals surface area contributed by atoms with Gasteiger partial charge in [-0.25, -0.2) is 17.6 Å². The van der Waals surface area contributed by atoms with Crippen LogP contribution in [0, 0.1) is 20.8 Å². The number of aryl methyl sites for hydroxylation is 3. The number of hydrogen-bond donors (Lipinski definition) is 0. The highest BCUT2D eigenvalue weighted by Gasteiger charge is 2.12. The molecule has 6 heteroatoms. The summed E-state index contributed by atoms with van der Waals surface area (Å²) in [6, 6.07) is 21.4. The maximum atomic E-state index is 12.5. The normalized spacial score (nSPS) is 10.6. The van der Waals surface area contributed by atoms with Crippen molar-refractivity contribution in [3.63, 3.8) is 0 Å². The summed E-state index contributed by atoms with van der Waals surface area (Å²) in [6.07, 6.45) is -1.54. The lowest BCUT2D eigenvalue weighted by molar-refractivity contribution is 0.146. The number of hydrogen-bond acceptors (Lipinski definition) is 2. The summed E-state index contributed by atoms with van der Waals surface area (Å²) in [4.78, 5) is 7.69. The van der Waals surface area contributed by atoms with Crippen LogP contribution in [-0.4, -0.2) is 9.97 Å². The summed E-state index contributed by atoms with van der Waals surface area (Å²) in [6.45, 7) is 22.6. The fourth-order valence-corrected chi connectivity index (χ4v) is 4.08. The highest BCUT2D eigenvalue weighted by Crippen LogP contribution is 2.26. The predicted molar refractivity (Wildman–Crippen MR) is 189 cm³/mol. The molecule has 0 bridgehead atoms. The van der Waals surface area contributed by atoms with Crippen molar-refractivity contribution in [3.05, 3.63) is 129 Å². The summed E-state index contributed by atoms with van der Waals surface area (Å²) in [5.74, 6) is 1.84. The molecule has 0 fully saturated rings. The van der Waals surface area contributed by atoms with E-state index in [1.165, 1.54) is 29.0 Å². The Morgan fingerprint density at radius 3 is 1.33 bits per heavy atom. The van der Waals surface area contributed by atoms with Crippen LogP contribution in [0.25, 0.3) is 0 Å². The van der Waals surface area contributed by atoms with Crippen molar-refractivity contribution in [2.45, 2.75) is 120 Å². The Morgan fingerprint density at radius 2 is 0.913 bits per heavy atom. The molecule has 2 nitrogen and oxygen atoms in total. The monoisotopic (exact) mass is 640 g/mol. The SMILES string of the molecule is C.CC(C)c1ccnc(C(F)F)c1.Cc1cc(C(C)C)ccn1.Cc1ccc(C(C)C)cc1.Cc1ccc(C(C)C)cc1C(F)F. The first kappa shape index (κ1) is 42.5. The van der Waals surface area contributed by atoms with E-state index in [1.54, 1.807) is 25.1 Å². The molecule has 0 N–H and O–H groups in total. The lowest BCUT2D eigenvalue weighted by Crippen LogP contribution is -1.94. The number of aromatic nitrogens is 2. The van der Waals surface area contributed by atoms with Crippen LogP contribution in [0.15, 0.2) is 79.1 Å². The molecule has 46 heavy (non-hydrogen) atoms. The maximum Gasteiger partial charge on any atom is 0.280 e. The Hall–Kier alpha value is -3.54. The molecule has 0 atom stereocenters. The molecule has 0 amide bonds. The standard InChI is InChI=1S/C11H14F2.C10H14.C9H11F2N.C9H13N.CH4/c1-7(2)9-5-4-8(3)10(6-9)11(12)13;1-8(2)10-6-4-9(3)5-7-10;1-6(2)7-3-4-12-8(5-7)9(10)11;1-7(2)9-4-5-10-8(3)6-9;/h4-7,11H,1-3H3;4-8H,1-3H3;3-6,9H,1-2H3;4-7H,1-3H3;1H4. The summed E-state index contributed by atoms with van der Waals surface area (Å²) in [5.41, 5.74) is 7.79. The minimum atomic E-state index is -2.47. The first-order valence-electron chi connectivity index (χ1n) is 15.6. The summed E-state index contributed by atoms with van der Waals surface area (Å²) >= 11 is 0. The molecule has 0 aliphatic rings. The second-order valence-electron chi connectivity index (χ2n) is 12.5. The van der Waals surface area contributed by atoms with E-state index in [-0.39, 0.29) is 24.6 Å². The molecule has 0 aliphatic heterocycles. The Kier molecular flexibility index (Phi) is 19.7. The van der Waals surface area contributed by atoms with Crippen molar-refractivity contribution in [2.75, 3.05) is 0 Å². The third kappa shape index (κ3) is 15.6. The van der Waals surface area contributed by atoms with E-state index in [2.05, 4.69) is 81.0 Å². The molecule has 2 heterocycles. The van der Waals surface area contributed by atoms with Gasteiger partial charge in [-0.15, -0.1) is 0 Å². The minimum absolute atomic E-state index is 0. The molecule has 4 rings (SSSR count). The molecule has 254 valence electrons. The van der Waals surface area contributed by atoms with Crippen LogP contribution in [0.2, 0.25) is 0 Å². The lowest BCUT2D eigenvalue weighted by atomic mass is 9.98. The highest BCUT2D eigenvalue weighted by molar-refractivity contribution is 5.33. The molecule has 4 aromatic rings. The van der Waals surface area contributed by atoms with Gasteiger partial charge in [0.1, 0.15) is 5.69 Å². The van der Waals surface area contributed by atoms with Gasteiger partial charge in [-0.05, 0) is 103 Å². The van der Waals surface area contributed by atoms with Gasteiger partial charge in [0.05, 0.1) is 0 Å². The first-order valence-corrected chi connectivity index (χ1v) is 15.6. The van der Waals surface area contributed by atoms with Gasteiger partial charge in [0.2, 0.25) is 0 Å². The fourth-order valence-electron chi connectivity index (χ4n) is 4.08. The van der Waals surface area contributed by atoms with E-state index < -0.39 is 12.9 Å². The van der Waals surface area contributed by atoms with Gasteiger partial charge < -0.3 is 0 Å². The van der Waals surface area contributed by atoms with E-state index in [1.807, 2.05) is 46.9 Å². The third-order valence-electron chi connectivity index (χ3n) is 7.23. The largest absolute Gasteiger partial charge is 0.280 e. The van der Waals surface area contributed by atoms with Crippen LogP contribution in [0.1, 0.15) is 150 Å². The second-order valence-corrected chi connectivity index (χ2v) is 12.5. The number of halogens is 4. The number of pyridine rings is 2. The molecule has 2 aromatic heterocycles. The van der Waals surface area contributed by atoms with Crippen molar-refractivity contribution in [2.24, 2.45) is 0 Å². The molecule has 0 spiro atoms. The van der Waals surface area contributed by atoms with Crippen LogP contribution >= 0.6 is 0 Å². The van der Waals surface area contributed by atoms with Crippen LogP contribution < -0.4 is 0 Å². The average molecular weight is 641 g/mol. The van der Waals surface area contributed by atoms with Gasteiger partial charge in [0.25, 0.3) is 12.9 Å². The Balaban J connectivity index is 0.000000586. The number of alkyl halides is 4. The zero-order chi connectivity index (χ0) is 34.3. The van der Waals surface area contributed by atoms with Crippen LogP contribution in [0.5, 0.6) is 0 Å². The smallest absolute Gasteiger partial charge is 0.262 e. The second kappa shape index (κ2) is 21.3. The summed E-state index contributed by atoms with van der Waals surface area (Å²) in [7, 11) is 0. The molecule has 0 saturated heterocycles. The van der Waals surface area contributed by atoms with Crippen LogP contribution in [-0.2, 0) is 0 Å². The van der Waals surface area contributed by atoms with Gasteiger partial charge in [-0.3, -0.25) is 9.97 Å². The molecule has 2 aromatic carbocycles. The van der Waals surface area contributed by atoms with Crippen molar-refractivity contribution in [3.8, 4) is 0 Å². The molecule has 0 unspecified atom stereocenters. The van der Waals surface area contributed by atoms with Crippen LogP contribution in [0.3, 0.4) is 0 Å². The summed E-state index contributed by atoms with van der Waals surface area (Å²) in [5, 5.41) is 0. The Morgan fingerprint density at radius 1 is 0.478 bits per heavy atom. The maximum absolute atomic E-state index is 12.5. The zero-order valence-corrected chi connectivity index (χ0v) is 28.9. The van der Waals surface area contributed by atoms with Gasteiger partial charge >= 0.3 is 0 Å². The first-order chi connectivity index (χ1) is 21.0. The van der Waals surface area contributed by atoms with E-state index in [4.69, 9.17) is 0 Å². The van der Waals surface area contributed by atoms with Crippen molar-refractivity contribution in [1.29, 1.82) is 0 Å². The van der Waals surface area contributed by atoms with Crippen molar-refractivity contribution >= 4 is 0 Å². The van der Waals surface area contributed by atoms with E-state index in [9.17, 15) is 17.6 Å².